The largest absolute Gasteiger partial charge is 0.497 e. The van der Waals surface area contributed by atoms with Crippen LogP contribution in [0.2, 0.25) is 0 Å². The van der Waals surface area contributed by atoms with E-state index in [-0.39, 0.29) is 30.4 Å². The molecule has 0 radical (unpaired) electrons. The maximum Gasteiger partial charge on any atom is 0.257 e. The third-order valence-corrected chi connectivity index (χ3v) is 5.00. The highest BCUT2D eigenvalue weighted by Crippen LogP contribution is 2.17. The van der Waals surface area contributed by atoms with Crippen molar-refractivity contribution in [3.05, 3.63) is 29.8 Å². The molecule has 8 heteroatoms. The van der Waals surface area contributed by atoms with Gasteiger partial charge in [-0.15, -0.1) is 0 Å². The van der Waals surface area contributed by atoms with Gasteiger partial charge in [0.15, 0.2) is 0 Å². The molecular formula is C22H33N3O5. The van der Waals surface area contributed by atoms with Gasteiger partial charge in [-0.1, -0.05) is 0 Å². The Labute approximate surface area is 178 Å². The van der Waals surface area contributed by atoms with E-state index in [4.69, 9.17) is 9.47 Å². The van der Waals surface area contributed by atoms with Gasteiger partial charge in [0.05, 0.1) is 19.8 Å². The minimum absolute atomic E-state index is 0.0312. The number of hydrogen-bond acceptors (Lipinski definition) is 6. The third-order valence-electron chi connectivity index (χ3n) is 5.00. The van der Waals surface area contributed by atoms with Crippen LogP contribution < -0.4 is 15.4 Å². The molecule has 2 rings (SSSR count). The summed E-state index contributed by atoms with van der Waals surface area (Å²) < 4.78 is 10.5. The summed E-state index contributed by atoms with van der Waals surface area (Å²) in [5, 5.41) is 5.37. The predicted molar refractivity (Wildman–Crippen MR) is 113 cm³/mol. The van der Waals surface area contributed by atoms with Gasteiger partial charge in [0.1, 0.15) is 5.75 Å². The maximum absolute atomic E-state index is 12.3. The molecule has 1 heterocycles. The number of methoxy groups -OCH3 is 1. The smallest absolute Gasteiger partial charge is 0.257 e. The Bertz CT molecular complexity index is 697. The number of imide groups is 1. The lowest BCUT2D eigenvalue weighted by molar-refractivity contribution is -0.126. The van der Waals surface area contributed by atoms with Crippen molar-refractivity contribution in [1.29, 1.82) is 0 Å². The predicted octanol–water partition coefficient (Wildman–Crippen LogP) is 1.59. The topological polar surface area (TPSA) is 97.0 Å². The van der Waals surface area contributed by atoms with Crippen LogP contribution >= 0.6 is 0 Å². The van der Waals surface area contributed by atoms with E-state index in [2.05, 4.69) is 10.6 Å². The molecule has 0 spiro atoms. The summed E-state index contributed by atoms with van der Waals surface area (Å²) in [6.45, 7) is 6.67. The SMILES string of the molecule is COc1ccc(C(=O)NC(=O)CN2CCC(C(=O)NCCCOC(C)C)CC2)cc1. The van der Waals surface area contributed by atoms with Crippen molar-refractivity contribution in [3.63, 3.8) is 0 Å². The molecule has 1 fully saturated rings. The highest BCUT2D eigenvalue weighted by Gasteiger charge is 2.26. The van der Waals surface area contributed by atoms with E-state index in [1.165, 1.54) is 0 Å². The molecule has 1 aliphatic rings. The average Bonchev–Trinajstić information content (AvgIpc) is 2.73. The van der Waals surface area contributed by atoms with Gasteiger partial charge in [0, 0.05) is 24.6 Å². The Morgan fingerprint density at radius 3 is 2.40 bits per heavy atom. The first kappa shape index (κ1) is 23.8. The summed E-state index contributed by atoms with van der Waals surface area (Å²) in [4.78, 5) is 38.6. The van der Waals surface area contributed by atoms with E-state index < -0.39 is 5.91 Å². The van der Waals surface area contributed by atoms with E-state index in [0.717, 1.165) is 6.42 Å². The Hall–Kier alpha value is -2.45. The Morgan fingerprint density at radius 1 is 1.13 bits per heavy atom. The van der Waals surface area contributed by atoms with E-state index in [0.29, 0.717) is 50.4 Å². The van der Waals surface area contributed by atoms with Gasteiger partial charge in [-0.3, -0.25) is 24.6 Å². The maximum atomic E-state index is 12.3. The van der Waals surface area contributed by atoms with Gasteiger partial charge in [-0.25, -0.2) is 0 Å². The summed E-state index contributed by atoms with van der Waals surface area (Å²) in [5.74, 6) is -0.0921. The number of amides is 3. The molecule has 1 aromatic carbocycles. The molecule has 0 saturated carbocycles. The lowest BCUT2D eigenvalue weighted by Gasteiger charge is -2.30. The molecule has 0 unspecified atom stereocenters. The van der Waals surface area contributed by atoms with Gasteiger partial charge < -0.3 is 14.8 Å². The van der Waals surface area contributed by atoms with E-state index in [1.807, 2.05) is 18.7 Å². The van der Waals surface area contributed by atoms with E-state index in [1.54, 1.807) is 31.4 Å². The monoisotopic (exact) mass is 419 g/mol. The molecule has 1 aromatic rings. The number of nitrogens with zero attached hydrogens (tertiary/aromatic N) is 1. The minimum Gasteiger partial charge on any atom is -0.497 e. The summed E-state index contributed by atoms with van der Waals surface area (Å²) in [6.07, 6.45) is 2.40. The molecule has 2 N–H and O–H groups in total. The summed E-state index contributed by atoms with van der Waals surface area (Å²) in [7, 11) is 1.55. The van der Waals surface area contributed by atoms with Crippen molar-refractivity contribution in [2.24, 2.45) is 5.92 Å². The van der Waals surface area contributed by atoms with Crippen LogP contribution in [0.3, 0.4) is 0 Å². The highest BCUT2D eigenvalue weighted by molar-refractivity contribution is 6.05. The number of rotatable bonds is 10. The lowest BCUT2D eigenvalue weighted by atomic mass is 9.96. The standard InChI is InChI=1S/C22H33N3O5/c1-16(2)30-14-4-11-23-21(27)18-9-12-25(13-10-18)15-20(26)24-22(28)17-5-7-19(29-3)8-6-17/h5-8,16,18H,4,9-15H2,1-3H3,(H,23,27)(H,24,26,28). The second-order valence-electron chi connectivity index (χ2n) is 7.72. The van der Waals surface area contributed by atoms with Crippen LogP contribution in [0.5, 0.6) is 5.75 Å². The molecule has 0 atom stereocenters. The lowest BCUT2D eigenvalue weighted by Crippen LogP contribution is -2.45. The first-order valence-electron chi connectivity index (χ1n) is 10.5. The molecule has 0 bridgehead atoms. The van der Waals surface area contributed by atoms with Crippen LogP contribution in [-0.2, 0) is 14.3 Å². The fourth-order valence-electron chi connectivity index (χ4n) is 3.28. The summed E-state index contributed by atoms with van der Waals surface area (Å²) >= 11 is 0. The zero-order valence-corrected chi connectivity index (χ0v) is 18.1. The second-order valence-corrected chi connectivity index (χ2v) is 7.72. The molecule has 8 nitrogen and oxygen atoms in total. The number of piperidine rings is 1. The van der Waals surface area contributed by atoms with E-state index in [9.17, 15) is 14.4 Å². The third kappa shape index (κ3) is 8.12. The zero-order chi connectivity index (χ0) is 21.9. The van der Waals surface area contributed by atoms with Crippen molar-refractivity contribution in [3.8, 4) is 5.75 Å². The van der Waals surface area contributed by atoms with Crippen molar-refractivity contribution < 1.29 is 23.9 Å². The number of nitrogens with one attached hydrogen (secondary N) is 2. The number of hydrogen-bond donors (Lipinski definition) is 2. The van der Waals surface area contributed by atoms with Gasteiger partial charge in [0.2, 0.25) is 11.8 Å². The van der Waals surface area contributed by atoms with Crippen LogP contribution in [0.15, 0.2) is 24.3 Å². The Balaban J connectivity index is 1.65. The van der Waals surface area contributed by atoms with Crippen molar-refractivity contribution in [2.45, 2.75) is 39.2 Å². The average molecular weight is 420 g/mol. The van der Waals surface area contributed by atoms with Crippen molar-refractivity contribution in [2.75, 3.05) is 39.9 Å². The van der Waals surface area contributed by atoms with Crippen LogP contribution in [0.1, 0.15) is 43.5 Å². The first-order valence-corrected chi connectivity index (χ1v) is 10.5. The number of likely N-dealkylation sites (tertiary alicyclic amines) is 1. The molecule has 0 aromatic heterocycles. The highest BCUT2D eigenvalue weighted by atomic mass is 16.5. The van der Waals surface area contributed by atoms with Crippen LogP contribution in [0.25, 0.3) is 0 Å². The number of carbonyl (C=O) groups is 3. The molecule has 1 saturated heterocycles. The quantitative estimate of drug-likeness (QED) is 0.559. The van der Waals surface area contributed by atoms with Crippen molar-refractivity contribution >= 4 is 17.7 Å². The fraction of sp³-hybridized carbons (Fsp3) is 0.591. The van der Waals surface area contributed by atoms with Gasteiger partial charge in [0.25, 0.3) is 5.91 Å². The Kier molecular flexibility index (Phi) is 9.76. The normalized spacial score (nSPS) is 15.1. The Morgan fingerprint density at radius 2 is 1.80 bits per heavy atom. The minimum atomic E-state index is -0.432. The van der Waals surface area contributed by atoms with Crippen LogP contribution in [-0.4, -0.2) is 68.6 Å². The van der Waals surface area contributed by atoms with Gasteiger partial charge >= 0.3 is 0 Å². The van der Waals surface area contributed by atoms with Gasteiger partial charge in [-0.2, -0.15) is 0 Å². The van der Waals surface area contributed by atoms with Gasteiger partial charge in [-0.05, 0) is 70.5 Å². The number of ether oxygens (including phenoxy) is 2. The zero-order valence-electron chi connectivity index (χ0n) is 18.1. The van der Waals surface area contributed by atoms with Crippen LogP contribution in [0.4, 0.5) is 0 Å². The number of carbonyl (C=O) groups excluding carboxylic acids is 3. The second kappa shape index (κ2) is 12.3. The van der Waals surface area contributed by atoms with Crippen molar-refractivity contribution in [1.82, 2.24) is 15.5 Å². The summed E-state index contributed by atoms with van der Waals surface area (Å²) in [5.41, 5.74) is 0.401. The molecule has 30 heavy (non-hydrogen) atoms. The molecule has 3 amide bonds. The number of benzene rings is 1. The molecule has 0 aliphatic carbocycles. The summed E-state index contributed by atoms with van der Waals surface area (Å²) in [6, 6.07) is 6.57. The fourth-order valence-corrected chi connectivity index (χ4v) is 3.28. The molecular weight excluding hydrogens is 386 g/mol. The molecule has 1 aliphatic heterocycles. The first-order chi connectivity index (χ1) is 14.4. The van der Waals surface area contributed by atoms with Crippen LogP contribution in [0, 0.1) is 5.92 Å². The van der Waals surface area contributed by atoms with E-state index >= 15 is 0 Å². The molecule has 166 valence electrons.